The third kappa shape index (κ3) is 2.86. The summed E-state index contributed by atoms with van der Waals surface area (Å²) in [4.78, 5) is 23.6. The summed E-state index contributed by atoms with van der Waals surface area (Å²) in [5.74, 6) is -0.130. The number of fused-ring (bicyclic) bond motifs is 1. The van der Waals surface area contributed by atoms with E-state index in [9.17, 15) is 14.7 Å². The van der Waals surface area contributed by atoms with Gasteiger partial charge >= 0.3 is 11.8 Å². The van der Waals surface area contributed by atoms with Crippen LogP contribution >= 0.6 is 0 Å². The van der Waals surface area contributed by atoms with Crippen LogP contribution in [0.4, 0.5) is 10.5 Å². The van der Waals surface area contributed by atoms with Gasteiger partial charge in [-0.15, -0.1) is 0 Å². The predicted molar refractivity (Wildman–Crippen MR) is 79.7 cm³/mol. The Morgan fingerprint density at radius 1 is 1.19 bits per heavy atom. The van der Waals surface area contributed by atoms with E-state index in [0.29, 0.717) is 11.0 Å². The van der Waals surface area contributed by atoms with Crippen LogP contribution in [0, 0.1) is 0 Å². The number of phenolic OH excluding ortho intramolecular Hbond substituents is 1. The lowest BCUT2D eigenvalue weighted by Crippen LogP contribution is -2.27. The molecule has 0 bridgehead atoms. The lowest BCUT2D eigenvalue weighted by Gasteiger charge is -2.20. The van der Waals surface area contributed by atoms with Gasteiger partial charge in [0.25, 0.3) is 0 Å². The third-order valence-corrected chi connectivity index (χ3v) is 3.03. The number of rotatable bonds is 1. The number of amides is 1. The first-order valence-electron chi connectivity index (χ1n) is 6.48. The number of carbonyl (C=O) groups excluding carboxylic acids is 1. The standard InChI is InChI=1S/C14H19N3O4/c1-14(2,3)21-12(19)15-8-6-9-10(7-11(8)18)17(5)13(20)16(9)4/h6-7,18H,1-5H3,(H,15,19). The summed E-state index contributed by atoms with van der Waals surface area (Å²) in [5.41, 5.74) is 0.529. The number of nitrogens with zero attached hydrogens (tertiary/aromatic N) is 2. The zero-order valence-electron chi connectivity index (χ0n) is 12.7. The highest BCUT2D eigenvalue weighted by atomic mass is 16.6. The molecule has 0 saturated carbocycles. The summed E-state index contributed by atoms with van der Waals surface area (Å²) in [5, 5.41) is 12.5. The van der Waals surface area contributed by atoms with Crippen molar-refractivity contribution in [3.05, 3.63) is 22.6 Å². The maximum absolute atomic E-state index is 11.9. The summed E-state index contributed by atoms with van der Waals surface area (Å²) in [7, 11) is 3.24. The van der Waals surface area contributed by atoms with E-state index in [4.69, 9.17) is 4.74 Å². The number of aromatic nitrogens is 2. The number of nitrogens with one attached hydrogen (secondary N) is 1. The molecule has 1 heterocycles. The van der Waals surface area contributed by atoms with Crippen LogP contribution < -0.4 is 11.0 Å². The molecular weight excluding hydrogens is 274 g/mol. The molecule has 1 amide bonds. The van der Waals surface area contributed by atoms with Gasteiger partial charge in [0.1, 0.15) is 11.4 Å². The smallest absolute Gasteiger partial charge is 0.412 e. The number of aryl methyl sites for hydroxylation is 2. The Balaban J connectivity index is 2.42. The van der Waals surface area contributed by atoms with Crippen LogP contribution in [0.15, 0.2) is 16.9 Å². The Bertz CT molecular complexity index is 765. The van der Waals surface area contributed by atoms with Crippen LogP contribution in [0.2, 0.25) is 0 Å². The largest absolute Gasteiger partial charge is 0.506 e. The Morgan fingerprint density at radius 2 is 1.71 bits per heavy atom. The van der Waals surface area contributed by atoms with Crippen LogP contribution in [0.25, 0.3) is 11.0 Å². The minimum Gasteiger partial charge on any atom is -0.506 e. The van der Waals surface area contributed by atoms with Gasteiger partial charge in [0.2, 0.25) is 0 Å². The van der Waals surface area contributed by atoms with Crippen molar-refractivity contribution in [3.63, 3.8) is 0 Å². The minimum atomic E-state index is -0.668. The van der Waals surface area contributed by atoms with Gasteiger partial charge in [-0.1, -0.05) is 0 Å². The van der Waals surface area contributed by atoms with Gasteiger partial charge in [-0.05, 0) is 26.8 Å². The average molecular weight is 293 g/mol. The van der Waals surface area contributed by atoms with Gasteiger partial charge < -0.3 is 9.84 Å². The highest BCUT2D eigenvalue weighted by Gasteiger charge is 2.18. The fourth-order valence-electron chi connectivity index (χ4n) is 2.05. The Morgan fingerprint density at radius 3 is 2.24 bits per heavy atom. The molecule has 0 aliphatic heterocycles. The van der Waals surface area contributed by atoms with Gasteiger partial charge in [-0.3, -0.25) is 14.5 Å². The van der Waals surface area contributed by atoms with Gasteiger partial charge in [-0.2, -0.15) is 0 Å². The SMILES string of the molecule is Cn1c(=O)n(C)c2cc(NC(=O)OC(C)(C)C)c(O)cc21. The Kier molecular flexibility index (Phi) is 3.44. The van der Waals surface area contributed by atoms with E-state index in [1.54, 1.807) is 34.9 Å². The molecule has 0 aliphatic rings. The molecule has 0 aliphatic carbocycles. The molecule has 7 nitrogen and oxygen atoms in total. The topological polar surface area (TPSA) is 85.5 Å². The number of aromatic hydroxyl groups is 1. The number of hydrogen-bond acceptors (Lipinski definition) is 4. The van der Waals surface area contributed by atoms with E-state index >= 15 is 0 Å². The maximum atomic E-state index is 11.9. The number of phenols is 1. The van der Waals surface area contributed by atoms with Crippen molar-refractivity contribution in [1.82, 2.24) is 9.13 Å². The van der Waals surface area contributed by atoms with E-state index in [2.05, 4.69) is 5.32 Å². The molecule has 2 aromatic rings. The molecule has 0 fully saturated rings. The molecule has 2 rings (SSSR count). The number of ether oxygens (including phenoxy) is 1. The van der Waals surface area contributed by atoms with E-state index in [1.807, 2.05) is 0 Å². The first-order valence-corrected chi connectivity index (χ1v) is 6.48. The fraction of sp³-hybridized carbons (Fsp3) is 0.429. The van der Waals surface area contributed by atoms with Crippen molar-refractivity contribution in [1.29, 1.82) is 0 Å². The van der Waals surface area contributed by atoms with Crippen molar-refractivity contribution in [2.75, 3.05) is 5.32 Å². The van der Waals surface area contributed by atoms with Gasteiger partial charge in [0, 0.05) is 20.2 Å². The second-order valence-electron chi connectivity index (χ2n) is 5.89. The third-order valence-electron chi connectivity index (χ3n) is 3.03. The summed E-state index contributed by atoms with van der Waals surface area (Å²) < 4.78 is 8.00. The van der Waals surface area contributed by atoms with E-state index in [0.717, 1.165) is 0 Å². The summed E-state index contributed by atoms with van der Waals surface area (Å²) in [6.07, 6.45) is -0.668. The van der Waals surface area contributed by atoms with Crippen molar-refractivity contribution >= 4 is 22.8 Å². The minimum absolute atomic E-state index is 0.130. The van der Waals surface area contributed by atoms with Crippen LogP contribution in [0.5, 0.6) is 5.75 Å². The molecule has 0 saturated heterocycles. The lowest BCUT2D eigenvalue weighted by molar-refractivity contribution is 0.0635. The molecule has 0 unspecified atom stereocenters. The monoisotopic (exact) mass is 293 g/mol. The van der Waals surface area contributed by atoms with Gasteiger partial charge in [0.05, 0.1) is 16.7 Å². The van der Waals surface area contributed by atoms with Crippen molar-refractivity contribution in [2.45, 2.75) is 26.4 Å². The van der Waals surface area contributed by atoms with Gasteiger partial charge in [0.15, 0.2) is 0 Å². The summed E-state index contributed by atoms with van der Waals surface area (Å²) in [6, 6.07) is 2.97. The molecule has 2 N–H and O–H groups in total. The summed E-state index contributed by atoms with van der Waals surface area (Å²) in [6.45, 7) is 5.24. The number of imidazole rings is 1. The first kappa shape index (κ1) is 15.0. The van der Waals surface area contributed by atoms with Crippen LogP contribution in [0.1, 0.15) is 20.8 Å². The van der Waals surface area contributed by atoms with Gasteiger partial charge in [-0.25, -0.2) is 9.59 Å². The predicted octanol–water partition coefficient (Wildman–Crippen LogP) is 1.93. The van der Waals surface area contributed by atoms with Crippen LogP contribution in [0.3, 0.4) is 0 Å². The second-order valence-corrected chi connectivity index (χ2v) is 5.89. The molecule has 114 valence electrons. The second kappa shape index (κ2) is 4.83. The van der Waals surface area contributed by atoms with Crippen molar-refractivity contribution in [3.8, 4) is 5.75 Å². The highest BCUT2D eigenvalue weighted by Crippen LogP contribution is 2.29. The average Bonchev–Trinajstić information content (AvgIpc) is 2.53. The molecule has 21 heavy (non-hydrogen) atoms. The summed E-state index contributed by atoms with van der Waals surface area (Å²) >= 11 is 0. The Labute approximate surface area is 121 Å². The van der Waals surface area contributed by atoms with Crippen molar-refractivity contribution < 1.29 is 14.6 Å². The zero-order valence-corrected chi connectivity index (χ0v) is 12.7. The van der Waals surface area contributed by atoms with E-state index in [1.165, 1.54) is 21.3 Å². The molecule has 0 spiro atoms. The highest BCUT2D eigenvalue weighted by molar-refractivity contribution is 5.92. The Hall–Kier alpha value is -2.44. The van der Waals surface area contributed by atoms with Crippen molar-refractivity contribution in [2.24, 2.45) is 14.1 Å². The molecule has 1 aromatic heterocycles. The van der Waals surface area contributed by atoms with E-state index in [-0.39, 0.29) is 17.1 Å². The zero-order chi connectivity index (χ0) is 15.9. The number of anilines is 1. The molecule has 0 radical (unpaired) electrons. The maximum Gasteiger partial charge on any atom is 0.412 e. The quantitative estimate of drug-likeness (QED) is 0.787. The lowest BCUT2D eigenvalue weighted by atomic mass is 10.2. The fourth-order valence-corrected chi connectivity index (χ4v) is 2.05. The normalized spacial score (nSPS) is 11.7. The molecular formula is C14H19N3O4. The first-order chi connectivity index (χ1) is 9.60. The number of carbonyl (C=O) groups is 1. The number of benzene rings is 1. The molecule has 7 heteroatoms. The molecule has 1 aromatic carbocycles. The number of hydrogen-bond donors (Lipinski definition) is 2. The van der Waals surface area contributed by atoms with Crippen LogP contribution in [-0.2, 0) is 18.8 Å². The molecule has 0 atom stereocenters. The van der Waals surface area contributed by atoms with Crippen LogP contribution in [-0.4, -0.2) is 25.9 Å². The van der Waals surface area contributed by atoms with E-state index < -0.39 is 11.7 Å².